The molecule has 1 heterocycles. The summed E-state index contributed by atoms with van der Waals surface area (Å²) >= 11 is 0. The van der Waals surface area contributed by atoms with Crippen LogP contribution >= 0.6 is 0 Å². The van der Waals surface area contributed by atoms with Crippen LogP contribution in [0.25, 0.3) is 22.0 Å². The summed E-state index contributed by atoms with van der Waals surface area (Å²) in [6.45, 7) is 0. The summed E-state index contributed by atoms with van der Waals surface area (Å²) in [6.07, 6.45) is -3.03. The van der Waals surface area contributed by atoms with Crippen molar-refractivity contribution in [2.75, 3.05) is 0 Å². The van der Waals surface area contributed by atoms with E-state index in [2.05, 4.69) is 10.2 Å². The lowest BCUT2D eigenvalue weighted by Gasteiger charge is -2.13. The Morgan fingerprint density at radius 1 is 0.800 bits per heavy atom. The van der Waals surface area contributed by atoms with E-state index in [1.165, 1.54) is 18.3 Å². The number of benzene rings is 2. The fourth-order valence-electron chi connectivity index (χ4n) is 2.19. The van der Waals surface area contributed by atoms with E-state index >= 15 is 0 Å². The third-order valence-electron chi connectivity index (χ3n) is 3.07. The fraction of sp³-hybridized carbons (Fsp3) is 0.0667. The van der Waals surface area contributed by atoms with E-state index in [9.17, 15) is 13.2 Å². The molecule has 0 saturated heterocycles. The summed E-state index contributed by atoms with van der Waals surface area (Å²) < 4.78 is 39.3. The molecule has 0 N–H and O–H groups in total. The summed E-state index contributed by atoms with van der Waals surface area (Å²) in [6, 6.07) is 12.5. The van der Waals surface area contributed by atoms with Crippen LogP contribution in [0.5, 0.6) is 0 Å². The van der Waals surface area contributed by atoms with Gasteiger partial charge in [-0.3, -0.25) is 0 Å². The molecule has 2 nitrogen and oxygen atoms in total. The SMILES string of the molecule is FC(F)(F)c1ccccc1-c1cnnc2ccccc12. The lowest BCUT2D eigenvalue weighted by molar-refractivity contribution is -0.137. The average molecular weight is 274 g/mol. The summed E-state index contributed by atoms with van der Waals surface area (Å²) in [7, 11) is 0. The maximum atomic E-state index is 13.1. The van der Waals surface area contributed by atoms with Gasteiger partial charge < -0.3 is 0 Å². The van der Waals surface area contributed by atoms with Gasteiger partial charge in [-0.15, -0.1) is 0 Å². The van der Waals surface area contributed by atoms with Crippen molar-refractivity contribution >= 4 is 10.9 Å². The van der Waals surface area contributed by atoms with E-state index in [0.29, 0.717) is 16.5 Å². The first kappa shape index (κ1) is 12.6. The minimum absolute atomic E-state index is 0.117. The Morgan fingerprint density at radius 2 is 1.50 bits per heavy atom. The smallest absolute Gasteiger partial charge is 0.166 e. The Hall–Kier alpha value is -2.43. The number of hydrogen-bond acceptors (Lipinski definition) is 2. The topological polar surface area (TPSA) is 25.8 Å². The molecular formula is C15H9F3N2. The maximum absolute atomic E-state index is 13.1. The van der Waals surface area contributed by atoms with Crippen LogP contribution in [-0.2, 0) is 6.18 Å². The first-order chi connectivity index (χ1) is 9.57. The van der Waals surface area contributed by atoms with Gasteiger partial charge in [-0.2, -0.15) is 23.4 Å². The summed E-state index contributed by atoms with van der Waals surface area (Å²) in [5.41, 5.74) is 0.453. The van der Waals surface area contributed by atoms with Crippen LogP contribution in [0.2, 0.25) is 0 Å². The second-order valence-corrected chi connectivity index (χ2v) is 4.32. The minimum atomic E-state index is -4.40. The van der Waals surface area contributed by atoms with Gasteiger partial charge in [0.1, 0.15) is 0 Å². The Morgan fingerprint density at radius 3 is 2.30 bits per heavy atom. The zero-order chi connectivity index (χ0) is 14.2. The van der Waals surface area contributed by atoms with Crippen LogP contribution in [-0.4, -0.2) is 10.2 Å². The highest BCUT2D eigenvalue weighted by Gasteiger charge is 2.33. The molecule has 0 amide bonds. The molecule has 1 aromatic heterocycles. The maximum Gasteiger partial charge on any atom is 0.417 e. The molecule has 3 aromatic rings. The van der Waals surface area contributed by atoms with Crippen molar-refractivity contribution in [3.63, 3.8) is 0 Å². The molecular weight excluding hydrogens is 265 g/mol. The molecule has 0 aliphatic rings. The van der Waals surface area contributed by atoms with Crippen molar-refractivity contribution in [3.05, 3.63) is 60.3 Å². The lowest BCUT2D eigenvalue weighted by atomic mass is 9.97. The van der Waals surface area contributed by atoms with Gasteiger partial charge >= 0.3 is 6.18 Å². The van der Waals surface area contributed by atoms with Gasteiger partial charge in [0, 0.05) is 10.9 Å². The molecule has 2 aromatic carbocycles. The van der Waals surface area contributed by atoms with Crippen molar-refractivity contribution in [3.8, 4) is 11.1 Å². The van der Waals surface area contributed by atoms with Crippen LogP contribution in [0.1, 0.15) is 5.56 Å². The van der Waals surface area contributed by atoms with Crippen molar-refractivity contribution in [1.82, 2.24) is 10.2 Å². The fourth-order valence-corrected chi connectivity index (χ4v) is 2.19. The van der Waals surface area contributed by atoms with Gasteiger partial charge in [0.05, 0.1) is 17.3 Å². The molecule has 0 unspecified atom stereocenters. The summed E-state index contributed by atoms with van der Waals surface area (Å²) in [5, 5.41) is 8.38. The number of hydrogen-bond donors (Lipinski definition) is 0. The predicted octanol–water partition coefficient (Wildman–Crippen LogP) is 4.32. The van der Waals surface area contributed by atoms with Crippen molar-refractivity contribution in [2.45, 2.75) is 6.18 Å². The summed E-state index contributed by atoms with van der Waals surface area (Å²) in [4.78, 5) is 0. The van der Waals surface area contributed by atoms with E-state index in [4.69, 9.17) is 0 Å². The molecule has 0 spiro atoms. The zero-order valence-electron chi connectivity index (χ0n) is 10.2. The van der Waals surface area contributed by atoms with Crippen LogP contribution in [0.3, 0.4) is 0 Å². The number of rotatable bonds is 1. The third kappa shape index (κ3) is 2.11. The van der Waals surface area contributed by atoms with Gasteiger partial charge in [0.15, 0.2) is 0 Å². The Labute approximate surface area is 112 Å². The molecule has 0 atom stereocenters. The average Bonchev–Trinajstić information content (AvgIpc) is 2.46. The number of alkyl halides is 3. The lowest BCUT2D eigenvalue weighted by Crippen LogP contribution is -2.07. The predicted molar refractivity (Wildman–Crippen MR) is 70.0 cm³/mol. The first-order valence-corrected chi connectivity index (χ1v) is 5.94. The monoisotopic (exact) mass is 274 g/mol. The Bertz CT molecular complexity index is 761. The molecule has 0 saturated carbocycles. The molecule has 0 radical (unpaired) electrons. The van der Waals surface area contributed by atoms with E-state index in [1.807, 2.05) is 0 Å². The molecule has 5 heteroatoms. The van der Waals surface area contributed by atoms with Gasteiger partial charge in [0.25, 0.3) is 0 Å². The normalized spacial score (nSPS) is 11.8. The number of aromatic nitrogens is 2. The Kier molecular flexibility index (Phi) is 2.89. The van der Waals surface area contributed by atoms with Gasteiger partial charge in [-0.05, 0) is 17.7 Å². The molecule has 0 aliphatic heterocycles. The highest BCUT2D eigenvalue weighted by molar-refractivity contribution is 5.94. The van der Waals surface area contributed by atoms with Crippen molar-refractivity contribution in [1.29, 1.82) is 0 Å². The van der Waals surface area contributed by atoms with Crippen LogP contribution in [0.15, 0.2) is 54.7 Å². The second-order valence-electron chi connectivity index (χ2n) is 4.32. The van der Waals surface area contributed by atoms with E-state index in [1.54, 1.807) is 30.3 Å². The first-order valence-electron chi connectivity index (χ1n) is 5.94. The molecule has 0 aliphatic carbocycles. The van der Waals surface area contributed by atoms with E-state index in [0.717, 1.165) is 6.07 Å². The summed E-state index contributed by atoms with van der Waals surface area (Å²) in [5.74, 6) is 0. The zero-order valence-corrected chi connectivity index (χ0v) is 10.2. The van der Waals surface area contributed by atoms with Gasteiger partial charge in [-0.1, -0.05) is 36.4 Å². The van der Waals surface area contributed by atoms with Crippen LogP contribution in [0, 0.1) is 0 Å². The number of halogens is 3. The minimum Gasteiger partial charge on any atom is -0.166 e. The highest BCUT2D eigenvalue weighted by Crippen LogP contribution is 2.38. The van der Waals surface area contributed by atoms with Crippen molar-refractivity contribution < 1.29 is 13.2 Å². The van der Waals surface area contributed by atoms with E-state index in [-0.39, 0.29) is 5.56 Å². The number of fused-ring (bicyclic) bond motifs is 1. The van der Waals surface area contributed by atoms with Gasteiger partial charge in [-0.25, -0.2) is 0 Å². The highest BCUT2D eigenvalue weighted by atomic mass is 19.4. The molecule has 0 bridgehead atoms. The van der Waals surface area contributed by atoms with E-state index < -0.39 is 11.7 Å². The van der Waals surface area contributed by atoms with Crippen molar-refractivity contribution in [2.24, 2.45) is 0 Å². The standard InChI is InChI=1S/C15H9F3N2/c16-15(17,18)13-7-3-1-5-10(13)12-9-19-20-14-8-4-2-6-11(12)14/h1-9H. The Balaban J connectivity index is 2.32. The number of nitrogens with zero attached hydrogens (tertiary/aromatic N) is 2. The second kappa shape index (κ2) is 4.59. The molecule has 0 fully saturated rings. The van der Waals surface area contributed by atoms with Crippen LogP contribution < -0.4 is 0 Å². The quantitative estimate of drug-likeness (QED) is 0.660. The molecule has 3 rings (SSSR count). The van der Waals surface area contributed by atoms with Crippen LogP contribution in [0.4, 0.5) is 13.2 Å². The molecule has 100 valence electrons. The molecule has 20 heavy (non-hydrogen) atoms. The third-order valence-corrected chi connectivity index (χ3v) is 3.07. The van der Waals surface area contributed by atoms with Gasteiger partial charge in [0.2, 0.25) is 0 Å². The largest absolute Gasteiger partial charge is 0.417 e.